The smallest absolute Gasteiger partial charge is 0.335 e. The second-order valence-electron chi connectivity index (χ2n) is 4.24. The molecule has 0 unspecified atom stereocenters. The number of nitrogens with one attached hydrogen (secondary N) is 1. The molecule has 0 spiro atoms. The van der Waals surface area contributed by atoms with Crippen LogP contribution in [0.4, 0.5) is 10.5 Å². The van der Waals surface area contributed by atoms with E-state index in [-0.39, 0.29) is 16.6 Å². The fraction of sp³-hybridized carbons (Fsp3) is 0.231. The van der Waals surface area contributed by atoms with Crippen LogP contribution < -0.4 is 5.32 Å². The minimum absolute atomic E-state index is 0.0679. The second kappa shape index (κ2) is 6.24. The van der Waals surface area contributed by atoms with Crippen LogP contribution in [0.25, 0.3) is 0 Å². The topological polar surface area (TPSA) is 69.6 Å². The fourth-order valence-electron chi connectivity index (χ4n) is 1.44. The van der Waals surface area contributed by atoms with Crippen LogP contribution >= 0.6 is 11.6 Å². The summed E-state index contributed by atoms with van der Waals surface area (Å²) < 4.78 is 0. The molecule has 0 heterocycles. The molecule has 1 aromatic rings. The van der Waals surface area contributed by atoms with E-state index in [4.69, 9.17) is 16.7 Å². The summed E-state index contributed by atoms with van der Waals surface area (Å²) in [6, 6.07) is 3.78. The van der Waals surface area contributed by atoms with Crippen LogP contribution in [0, 0.1) is 0 Å². The lowest BCUT2D eigenvalue weighted by atomic mass is 10.2. The van der Waals surface area contributed by atoms with Crippen molar-refractivity contribution in [1.29, 1.82) is 0 Å². The van der Waals surface area contributed by atoms with Gasteiger partial charge >= 0.3 is 12.0 Å². The summed E-state index contributed by atoms with van der Waals surface area (Å²) in [6.07, 6.45) is 0. The van der Waals surface area contributed by atoms with Crippen molar-refractivity contribution in [3.8, 4) is 0 Å². The number of amides is 2. The quantitative estimate of drug-likeness (QED) is 0.834. The number of carboxylic acid groups (broad SMARTS) is 1. The predicted molar refractivity (Wildman–Crippen MR) is 74.9 cm³/mol. The SMILES string of the molecule is C=C(C)CN(C)C(=O)Nc1ccc(C(=O)O)cc1Cl. The standard InChI is InChI=1S/C13H15ClN2O3/c1-8(2)7-16(3)13(19)15-11-5-4-9(12(17)18)6-10(11)14/h4-6H,1,7H2,2-3H3,(H,15,19)(H,17,18). The van der Waals surface area contributed by atoms with E-state index in [0.717, 1.165) is 5.57 Å². The van der Waals surface area contributed by atoms with Crippen molar-refractivity contribution in [3.63, 3.8) is 0 Å². The van der Waals surface area contributed by atoms with Crippen LogP contribution in [0.3, 0.4) is 0 Å². The molecule has 6 heteroatoms. The second-order valence-corrected chi connectivity index (χ2v) is 4.65. The molecule has 2 N–H and O–H groups in total. The average molecular weight is 283 g/mol. The zero-order valence-electron chi connectivity index (χ0n) is 10.7. The first-order valence-electron chi connectivity index (χ1n) is 5.50. The predicted octanol–water partition coefficient (Wildman–Crippen LogP) is 3.08. The van der Waals surface area contributed by atoms with E-state index >= 15 is 0 Å². The lowest BCUT2D eigenvalue weighted by molar-refractivity contribution is 0.0697. The zero-order chi connectivity index (χ0) is 14.6. The maximum absolute atomic E-state index is 11.8. The Hall–Kier alpha value is -2.01. The van der Waals surface area contributed by atoms with Crippen LogP contribution in [0.1, 0.15) is 17.3 Å². The molecule has 0 atom stereocenters. The summed E-state index contributed by atoms with van der Waals surface area (Å²) in [5.74, 6) is -1.07. The Bertz CT molecular complexity index is 529. The molecular weight excluding hydrogens is 268 g/mol. The first-order valence-corrected chi connectivity index (χ1v) is 5.88. The van der Waals surface area contributed by atoms with Gasteiger partial charge in [-0.2, -0.15) is 0 Å². The third-order valence-electron chi connectivity index (χ3n) is 2.31. The van der Waals surface area contributed by atoms with E-state index in [1.54, 1.807) is 7.05 Å². The number of rotatable bonds is 4. The van der Waals surface area contributed by atoms with Crippen LogP contribution in [0.15, 0.2) is 30.4 Å². The van der Waals surface area contributed by atoms with Gasteiger partial charge in [0.2, 0.25) is 0 Å². The maximum Gasteiger partial charge on any atom is 0.335 e. The number of halogens is 1. The fourth-order valence-corrected chi connectivity index (χ4v) is 1.66. The third kappa shape index (κ3) is 4.30. The van der Waals surface area contributed by atoms with Gasteiger partial charge in [-0.05, 0) is 25.1 Å². The minimum atomic E-state index is -1.07. The Kier molecular flexibility index (Phi) is 4.94. The number of aromatic carboxylic acids is 1. The maximum atomic E-state index is 11.8. The van der Waals surface area contributed by atoms with Crippen LogP contribution in [-0.4, -0.2) is 35.6 Å². The monoisotopic (exact) mass is 282 g/mol. The Labute approximate surface area is 116 Å². The van der Waals surface area contributed by atoms with Gasteiger partial charge < -0.3 is 15.3 Å². The van der Waals surface area contributed by atoms with Gasteiger partial charge in [-0.3, -0.25) is 0 Å². The molecule has 0 bridgehead atoms. The molecule has 0 aliphatic rings. The highest BCUT2D eigenvalue weighted by Crippen LogP contribution is 2.23. The molecule has 0 saturated heterocycles. The van der Waals surface area contributed by atoms with Crippen LogP contribution in [0.5, 0.6) is 0 Å². The van der Waals surface area contributed by atoms with Gasteiger partial charge in [0.05, 0.1) is 16.3 Å². The van der Waals surface area contributed by atoms with E-state index in [1.165, 1.54) is 23.1 Å². The highest BCUT2D eigenvalue weighted by Gasteiger charge is 2.12. The molecule has 1 aromatic carbocycles. The summed E-state index contributed by atoms with van der Waals surface area (Å²) in [5.41, 5.74) is 1.29. The number of nitrogens with zero attached hydrogens (tertiary/aromatic N) is 1. The molecule has 19 heavy (non-hydrogen) atoms. The van der Waals surface area contributed by atoms with Gasteiger partial charge in [0.15, 0.2) is 0 Å². The molecule has 0 aliphatic carbocycles. The highest BCUT2D eigenvalue weighted by molar-refractivity contribution is 6.34. The van der Waals surface area contributed by atoms with Crippen molar-refractivity contribution < 1.29 is 14.7 Å². The summed E-state index contributed by atoms with van der Waals surface area (Å²) in [6.45, 7) is 5.97. The van der Waals surface area contributed by atoms with Crippen molar-refractivity contribution >= 4 is 29.3 Å². The van der Waals surface area contributed by atoms with Gasteiger partial charge in [0, 0.05) is 13.6 Å². The van der Waals surface area contributed by atoms with E-state index in [9.17, 15) is 9.59 Å². The molecule has 102 valence electrons. The molecule has 0 saturated carbocycles. The first-order chi connectivity index (χ1) is 8.81. The van der Waals surface area contributed by atoms with Gasteiger partial charge in [0.1, 0.15) is 0 Å². The normalized spacial score (nSPS) is 9.84. The van der Waals surface area contributed by atoms with Gasteiger partial charge in [0.25, 0.3) is 0 Å². The lowest BCUT2D eigenvalue weighted by Crippen LogP contribution is -2.32. The van der Waals surface area contributed by atoms with E-state index in [0.29, 0.717) is 12.2 Å². The average Bonchev–Trinajstić information content (AvgIpc) is 2.30. The number of likely N-dealkylation sites (N-methyl/N-ethyl adjacent to an activating group) is 1. The number of hydrogen-bond acceptors (Lipinski definition) is 2. The number of carbonyl (C=O) groups is 2. The molecule has 0 radical (unpaired) electrons. The number of carbonyl (C=O) groups excluding carboxylic acids is 1. The number of anilines is 1. The Morgan fingerprint density at radius 2 is 2.11 bits per heavy atom. The zero-order valence-corrected chi connectivity index (χ0v) is 11.5. The summed E-state index contributed by atoms with van der Waals surface area (Å²) in [5, 5.41) is 11.6. The van der Waals surface area contributed by atoms with E-state index in [2.05, 4.69) is 11.9 Å². The van der Waals surface area contributed by atoms with Crippen molar-refractivity contribution in [2.75, 3.05) is 18.9 Å². The number of benzene rings is 1. The Morgan fingerprint density at radius 1 is 1.47 bits per heavy atom. The van der Waals surface area contributed by atoms with E-state index in [1.807, 2.05) is 6.92 Å². The van der Waals surface area contributed by atoms with Gasteiger partial charge in [-0.15, -0.1) is 0 Å². The largest absolute Gasteiger partial charge is 0.478 e. The molecule has 0 aromatic heterocycles. The Morgan fingerprint density at radius 3 is 2.58 bits per heavy atom. The molecule has 0 fully saturated rings. The number of urea groups is 1. The van der Waals surface area contributed by atoms with Crippen molar-refractivity contribution in [1.82, 2.24) is 4.90 Å². The summed E-state index contributed by atoms with van der Waals surface area (Å²) in [4.78, 5) is 24.0. The van der Waals surface area contributed by atoms with Crippen molar-refractivity contribution in [2.45, 2.75) is 6.92 Å². The summed E-state index contributed by atoms with van der Waals surface area (Å²) in [7, 11) is 1.63. The molecule has 1 rings (SSSR count). The van der Waals surface area contributed by atoms with Crippen LogP contribution in [-0.2, 0) is 0 Å². The molecular formula is C13H15ClN2O3. The minimum Gasteiger partial charge on any atom is -0.478 e. The van der Waals surface area contributed by atoms with Gasteiger partial charge in [-0.25, -0.2) is 9.59 Å². The lowest BCUT2D eigenvalue weighted by Gasteiger charge is -2.18. The third-order valence-corrected chi connectivity index (χ3v) is 2.62. The number of carboxylic acids is 1. The first kappa shape index (κ1) is 15.0. The van der Waals surface area contributed by atoms with Crippen LogP contribution in [0.2, 0.25) is 5.02 Å². The number of hydrogen-bond donors (Lipinski definition) is 2. The molecule has 5 nitrogen and oxygen atoms in total. The molecule has 0 aliphatic heterocycles. The van der Waals surface area contributed by atoms with Crippen molar-refractivity contribution in [2.24, 2.45) is 0 Å². The van der Waals surface area contributed by atoms with E-state index < -0.39 is 5.97 Å². The van der Waals surface area contributed by atoms with Gasteiger partial charge in [-0.1, -0.05) is 23.8 Å². The Balaban J connectivity index is 2.80. The highest BCUT2D eigenvalue weighted by atomic mass is 35.5. The summed E-state index contributed by atoms with van der Waals surface area (Å²) >= 11 is 5.91. The van der Waals surface area contributed by atoms with Crippen molar-refractivity contribution in [3.05, 3.63) is 40.9 Å². The molecule has 2 amide bonds.